The number of ketones is 1. The molecule has 0 heterocycles. The molecule has 0 aromatic rings. The number of carbonyl (C=O) groups is 1. The summed E-state index contributed by atoms with van der Waals surface area (Å²) in [4.78, 5) is 11.8. The normalized spacial score (nSPS) is 19.4. The Morgan fingerprint density at radius 2 is 2.36 bits per heavy atom. The van der Waals surface area contributed by atoms with Gasteiger partial charge in [-0.1, -0.05) is 18.6 Å². The van der Waals surface area contributed by atoms with Crippen LogP contribution in [0.3, 0.4) is 0 Å². The molecule has 14 heavy (non-hydrogen) atoms. The van der Waals surface area contributed by atoms with Crippen molar-refractivity contribution in [1.82, 2.24) is 0 Å². The zero-order chi connectivity index (χ0) is 10.4. The number of hydrogen-bond acceptors (Lipinski definition) is 2. The fraction of sp³-hybridized carbons (Fsp3) is 0.583. The van der Waals surface area contributed by atoms with Gasteiger partial charge in [0.05, 0.1) is 6.04 Å². The summed E-state index contributed by atoms with van der Waals surface area (Å²) in [6, 6.07) is -0.378. The SMILES string of the molecule is C=CCC(N)C(=O)C1=CCCCCC1. The maximum Gasteiger partial charge on any atom is 0.175 e. The van der Waals surface area contributed by atoms with E-state index in [4.69, 9.17) is 5.73 Å². The maximum atomic E-state index is 11.8. The van der Waals surface area contributed by atoms with Crippen molar-refractivity contribution in [3.63, 3.8) is 0 Å². The molecule has 1 aliphatic rings. The highest BCUT2D eigenvalue weighted by molar-refractivity contribution is 5.99. The van der Waals surface area contributed by atoms with E-state index in [1.807, 2.05) is 0 Å². The smallest absolute Gasteiger partial charge is 0.175 e. The number of Topliss-reactive ketones (excluding diaryl/α,β-unsaturated/α-hetero) is 1. The van der Waals surface area contributed by atoms with Crippen LogP contribution in [0.15, 0.2) is 24.3 Å². The molecule has 0 aromatic heterocycles. The minimum absolute atomic E-state index is 0.117. The fourth-order valence-electron chi connectivity index (χ4n) is 1.76. The van der Waals surface area contributed by atoms with Gasteiger partial charge in [-0.3, -0.25) is 4.79 Å². The Balaban J connectivity index is 2.57. The summed E-state index contributed by atoms with van der Waals surface area (Å²) in [5, 5.41) is 0. The molecule has 1 rings (SSSR count). The largest absolute Gasteiger partial charge is 0.321 e. The van der Waals surface area contributed by atoms with Crippen LogP contribution in [0.5, 0.6) is 0 Å². The molecule has 78 valence electrons. The second-order valence-corrected chi connectivity index (χ2v) is 3.82. The van der Waals surface area contributed by atoms with Gasteiger partial charge in [-0.25, -0.2) is 0 Å². The lowest BCUT2D eigenvalue weighted by atomic mass is 9.99. The van der Waals surface area contributed by atoms with Crippen molar-refractivity contribution in [2.24, 2.45) is 5.73 Å². The Morgan fingerprint density at radius 3 is 3.07 bits per heavy atom. The van der Waals surface area contributed by atoms with Crippen LogP contribution in [0.2, 0.25) is 0 Å². The molecule has 1 unspecified atom stereocenters. The van der Waals surface area contributed by atoms with Crippen molar-refractivity contribution >= 4 is 5.78 Å². The first-order chi connectivity index (χ1) is 6.75. The third-order valence-electron chi connectivity index (χ3n) is 2.61. The quantitative estimate of drug-likeness (QED) is 0.696. The van der Waals surface area contributed by atoms with Gasteiger partial charge in [0, 0.05) is 0 Å². The standard InChI is InChI=1S/C12H19NO/c1-2-7-11(13)12(14)10-8-5-3-4-6-9-10/h2,8,11H,1,3-7,9,13H2. The van der Waals surface area contributed by atoms with Crippen LogP contribution in [0, 0.1) is 0 Å². The summed E-state index contributed by atoms with van der Waals surface area (Å²) in [5.41, 5.74) is 6.69. The minimum Gasteiger partial charge on any atom is -0.321 e. The molecular weight excluding hydrogens is 174 g/mol. The Hall–Kier alpha value is -0.890. The molecule has 1 aliphatic carbocycles. The van der Waals surface area contributed by atoms with Crippen molar-refractivity contribution in [3.8, 4) is 0 Å². The van der Waals surface area contributed by atoms with E-state index in [9.17, 15) is 4.79 Å². The van der Waals surface area contributed by atoms with E-state index >= 15 is 0 Å². The van der Waals surface area contributed by atoms with Gasteiger partial charge < -0.3 is 5.73 Å². The van der Waals surface area contributed by atoms with Crippen molar-refractivity contribution < 1.29 is 4.79 Å². The topological polar surface area (TPSA) is 43.1 Å². The van der Waals surface area contributed by atoms with Crippen molar-refractivity contribution in [2.45, 2.75) is 44.6 Å². The third-order valence-corrected chi connectivity index (χ3v) is 2.61. The number of carbonyl (C=O) groups excluding carboxylic acids is 1. The van der Waals surface area contributed by atoms with Gasteiger partial charge in [0.1, 0.15) is 0 Å². The molecule has 0 amide bonds. The van der Waals surface area contributed by atoms with Gasteiger partial charge in [-0.05, 0) is 37.7 Å². The molecule has 0 aliphatic heterocycles. The van der Waals surface area contributed by atoms with Gasteiger partial charge in [0.15, 0.2) is 5.78 Å². The molecule has 2 heteroatoms. The van der Waals surface area contributed by atoms with E-state index in [1.54, 1.807) is 6.08 Å². The molecule has 0 aromatic carbocycles. The molecule has 0 fully saturated rings. The minimum atomic E-state index is -0.378. The summed E-state index contributed by atoms with van der Waals surface area (Å²) in [5.74, 6) is 0.117. The molecule has 2 N–H and O–H groups in total. The van der Waals surface area contributed by atoms with Crippen LogP contribution in [-0.4, -0.2) is 11.8 Å². The van der Waals surface area contributed by atoms with Crippen LogP contribution in [0.4, 0.5) is 0 Å². The second-order valence-electron chi connectivity index (χ2n) is 3.82. The van der Waals surface area contributed by atoms with Gasteiger partial charge >= 0.3 is 0 Å². The van der Waals surface area contributed by atoms with Crippen molar-refractivity contribution in [1.29, 1.82) is 0 Å². The number of nitrogens with two attached hydrogens (primary N) is 1. The predicted molar refractivity (Wildman–Crippen MR) is 59.0 cm³/mol. The van der Waals surface area contributed by atoms with E-state index in [0.29, 0.717) is 6.42 Å². The zero-order valence-corrected chi connectivity index (χ0v) is 8.67. The molecular formula is C12H19NO. The number of hydrogen-bond donors (Lipinski definition) is 1. The van der Waals surface area contributed by atoms with E-state index < -0.39 is 0 Å². The molecule has 0 radical (unpaired) electrons. The van der Waals surface area contributed by atoms with E-state index in [2.05, 4.69) is 12.7 Å². The first kappa shape index (κ1) is 11.2. The first-order valence-electron chi connectivity index (χ1n) is 5.35. The Labute approximate surface area is 85.9 Å². The van der Waals surface area contributed by atoms with E-state index in [-0.39, 0.29) is 11.8 Å². The van der Waals surface area contributed by atoms with Crippen LogP contribution < -0.4 is 5.73 Å². The first-order valence-corrected chi connectivity index (χ1v) is 5.35. The fourth-order valence-corrected chi connectivity index (χ4v) is 1.76. The second kappa shape index (κ2) is 5.76. The summed E-state index contributed by atoms with van der Waals surface area (Å²) >= 11 is 0. The monoisotopic (exact) mass is 193 g/mol. The molecule has 2 nitrogen and oxygen atoms in total. The lowest BCUT2D eigenvalue weighted by molar-refractivity contribution is -0.116. The highest BCUT2D eigenvalue weighted by atomic mass is 16.1. The van der Waals surface area contributed by atoms with Gasteiger partial charge in [0.2, 0.25) is 0 Å². The van der Waals surface area contributed by atoms with Gasteiger partial charge in [-0.2, -0.15) is 0 Å². The lowest BCUT2D eigenvalue weighted by Gasteiger charge is -2.10. The van der Waals surface area contributed by atoms with E-state index in [0.717, 1.165) is 24.8 Å². The maximum absolute atomic E-state index is 11.8. The summed E-state index contributed by atoms with van der Waals surface area (Å²) in [7, 11) is 0. The highest BCUT2D eigenvalue weighted by Gasteiger charge is 2.17. The van der Waals surface area contributed by atoms with Crippen molar-refractivity contribution in [2.75, 3.05) is 0 Å². The van der Waals surface area contributed by atoms with Gasteiger partial charge in [-0.15, -0.1) is 6.58 Å². The molecule has 0 bridgehead atoms. The Morgan fingerprint density at radius 1 is 1.57 bits per heavy atom. The van der Waals surface area contributed by atoms with Crippen LogP contribution >= 0.6 is 0 Å². The average Bonchev–Trinajstić information content (AvgIpc) is 2.45. The Bertz CT molecular complexity index is 243. The summed E-state index contributed by atoms with van der Waals surface area (Å²) in [6.45, 7) is 3.60. The van der Waals surface area contributed by atoms with Crippen molar-refractivity contribution in [3.05, 3.63) is 24.3 Å². The predicted octanol–water partition coefficient (Wildman–Crippen LogP) is 2.35. The van der Waals surface area contributed by atoms with Gasteiger partial charge in [0.25, 0.3) is 0 Å². The molecule has 1 atom stereocenters. The summed E-state index contributed by atoms with van der Waals surface area (Å²) in [6.07, 6.45) is 9.84. The van der Waals surface area contributed by atoms with Crippen LogP contribution in [0.25, 0.3) is 0 Å². The molecule has 0 spiro atoms. The third kappa shape index (κ3) is 3.11. The van der Waals surface area contributed by atoms with Crippen LogP contribution in [-0.2, 0) is 4.79 Å². The summed E-state index contributed by atoms with van der Waals surface area (Å²) < 4.78 is 0. The highest BCUT2D eigenvalue weighted by Crippen LogP contribution is 2.19. The molecule has 0 saturated carbocycles. The number of allylic oxidation sites excluding steroid dienone is 1. The molecule has 0 saturated heterocycles. The Kier molecular flexibility index (Phi) is 4.60. The van der Waals surface area contributed by atoms with Crippen LogP contribution in [0.1, 0.15) is 38.5 Å². The average molecular weight is 193 g/mol. The lowest BCUT2D eigenvalue weighted by Crippen LogP contribution is -2.31. The zero-order valence-electron chi connectivity index (χ0n) is 8.67. The van der Waals surface area contributed by atoms with E-state index in [1.165, 1.54) is 12.8 Å². The number of rotatable bonds is 4.